The highest BCUT2D eigenvalue weighted by molar-refractivity contribution is 5.35. The number of aryl methyl sites for hydroxylation is 2. The molecule has 3 heteroatoms. The fourth-order valence-electron chi connectivity index (χ4n) is 2.92. The van der Waals surface area contributed by atoms with Gasteiger partial charge in [0.25, 0.3) is 0 Å². The fourth-order valence-corrected chi connectivity index (χ4v) is 2.92. The van der Waals surface area contributed by atoms with E-state index in [0.717, 1.165) is 5.69 Å². The number of nitrogens with zero attached hydrogens (tertiary/aromatic N) is 1. The van der Waals surface area contributed by atoms with Crippen LogP contribution in [0.5, 0.6) is 5.75 Å². The van der Waals surface area contributed by atoms with Crippen LogP contribution in [-0.2, 0) is 19.4 Å². The highest BCUT2D eigenvalue weighted by Gasteiger charge is 2.12. The van der Waals surface area contributed by atoms with Crippen LogP contribution in [-0.4, -0.2) is 10.1 Å². The summed E-state index contributed by atoms with van der Waals surface area (Å²) in [6.45, 7) is 2.89. The Bertz CT molecular complexity index is 607. The van der Waals surface area contributed by atoms with Gasteiger partial charge in [0, 0.05) is 12.6 Å². The Morgan fingerprint density at radius 3 is 2.71 bits per heavy atom. The van der Waals surface area contributed by atoms with E-state index in [4.69, 9.17) is 0 Å². The first kappa shape index (κ1) is 14.1. The second-order valence-corrected chi connectivity index (χ2v) is 5.85. The molecule has 2 aromatic rings. The molecular weight excluding hydrogens is 260 g/mol. The van der Waals surface area contributed by atoms with Gasteiger partial charge in [-0.3, -0.25) is 4.98 Å². The average molecular weight is 282 g/mol. The molecule has 1 aromatic carbocycles. The van der Waals surface area contributed by atoms with E-state index in [1.54, 1.807) is 6.07 Å². The van der Waals surface area contributed by atoms with E-state index < -0.39 is 0 Å². The van der Waals surface area contributed by atoms with Gasteiger partial charge in [-0.15, -0.1) is 0 Å². The lowest BCUT2D eigenvalue weighted by atomic mass is 9.89. The van der Waals surface area contributed by atoms with E-state index >= 15 is 0 Å². The van der Waals surface area contributed by atoms with Crippen LogP contribution in [0.2, 0.25) is 0 Å². The normalized spacial score (nSPS) is 15.5. The van der Waals surface area contributed by atoms with Crippen molar-refractivity contribution >= 4 is 0 Å². The Labute approximate surface area is 126 Å². The fraction of sp³-hybridized carbons (Fsp3) is 0.389. The lowest BCUT2D eigenvalue weighted by molar-refractivity contribution is 0.471. The standard InChI is InChI=1S/C18H22N2O/c1-13(19-11-17-8-9-18(21)12-20-17)15-7-6-14-4-2-3-5-16(14)10-15/h6-10,12-13,19,21H,2-5,11H2,1H3. The van der Waals surface area contributed by atoms with Crippen LogP contribution < -0.4 is 5.32 Å². The average Bonchev–Trinajstić information content (AvgIpc) is 2.53. The summed E-state index contributed by atoms with van der Waals surface area (Å²) >= 11 is 0. The van der Waals surface area contributed by atoms with E-state index in [1.807, 2.05) is 6.07 Å². The molecule has 21 heavy (non-hydrogen) atoms. The maximum Gasteiger partial charge on any atom is 0.133 e. The SMILES string of the molecule is CC(NCc1ccc(O)cn1)c1ccc2c(c1)CCCC2. The van der Waals surface area contributed by atoms with E-state index in [0.29, 0.717) is 12.6 Å². The number of hydrogen-bond donors (Lipinski definition) is 2. The number of benzene rings is 1. The summed E-state index contributed by atoms with van der Waals surface area (Å²) in [6.07, 6.45) is 6.58. The van der Waals surface area contributed by atoms with Crippen molar-refractivity contribution in [2.24, 2.45) is 0 Å². The van der Waals surface area contributed by atoms with Crippen molar-refractivity contribution in [3.63, 3.8) is 0 Å². The van der Waals surface area contributed by atoms with Gasteiger partial charge in [-0.1, -0.05) is 18.2 Å². The summed E-state index contributed by atoms with van der Waals surface area (Å²) < 4.78 is 0. The van der Waals surface area contributed by atoms with Crippen LogP contribution in [0.25, 0.3) is 0 Å². The van der Waals surface area contributed by atoms with E-state index in [9.17, 15) is 5.11 Å². The monoisotopic (exact) mass is 282 g/mol. The first-order chi connectivity index (χ1) is 10.2. The zero-order valence-electron chi connectivity index (χ0n) is 12.5. The minimum absolute atomic E-state index is 0.210. The maximum atomic E-state index is 9.24. The summed E-state index contributed by atoms with van der Waals surface area (Å²) in [4.78, 5) is 4.20. The van der Waals surface area contributed by atoms with Gasteiger partial charge >= 0.3 is 0 Å². The van der Waals surface area contributed by atoms with Gasteiger partial charge in [0.05, 0.1) is 11.9 Å². The largest absolute Gasteiger partial charge is 0.506 e. The van der Waals surface area contributed by atoms with E-state index in [1.165, 1.54) is 48.6 Å². The van der Waals surface area contributed by atoms with Gasteiger partial charge < -0.3 is 10.4 Å². The molecule has 0 bridgehead atoms. The molecule has 3 rings (SSSR count). The lowest BCUT2D eigenvalue weighted by Crippen LogP contribution is -2.19. The molecule has 1 aliphatic carbocycles. The van der Waals surface area contributed by atoms with Crippen molar-refractivity contribution in [3.8, 4) is 5.75 Å². The van der Waals surface area contributed by atoms with Crippen molar-refractivity contribution < 1.29 is 5.11 Å². The molecule has 0 saturated heterocycles. The molecule has 0 saturated carbocycles. The summed E-state index contributed by atoms with van der Waals surface area (Å²) in [6, 6.07) is 10.7. The predicted octanol–water partition coefficient (Wildman–Crippen LogP) is 3.52. The van der Waals surface area contributed by atoms with Crippen LogP contribution in [0.3, 0.4) is 0 Å². The van der Waals surface area contributed by atoms with Gasteiger partial charge in [-0.05, 0) is 61.4 Å². The summed E-state index contributed by atoms with van der Waals surface area (Å²) in [5, 5.41) is 12.7. The molecule has 1 aromatic heterocycles. The Kier molecular flexibility index (Phi) is 4.20. The molecule has 1 heterocycles. The highest BCUT2D eigenvalue weighted by Crippen LogP contribution is 2.24. The first-order valence-corrected chi connectivity index (χ1v) is 7.71. The molecule has 0 fully saturated rings. The molecule has 0 spiro atoms. The van der Waals surface area contributed by atoms with Gasteiger partial charge in [-0.2, -0.15) is 0 Å². The third-order valence-electron chi connectivity index (χ3n) is 4.27. The number of aromatic nitrogens is 1. The molecule has 1 aliphatic rings. The Hall–Kier alpha value is -1.87. The van der Waals surface area contributed by atoms with Crippen LogP contribution in [0.1, 0.15) is 48.2 Å². The van der Waals surface area contributed by atoms with Crippen molar-refractivity contribution in [1.29, 1.82) is 0 Å². The summed E-state index contributed by atoms with van der Waals surface area (Å²) in [5.74, 6) is 0.210. The predicted molar refractivity (Wildman–Crippen MR) is 84.2 cm³/mol. The zero-order chi connectivity index (χ0) is 14.7. The van der Waals surface area contributed by atoms with Crippen LogP contribution in [0.4, 0.5) is 0 Å². The van der Waals surface area contributed by atoms with E-state index in [2.05, 4.69) is 35.4 Å². The smallest absolute Gasteiger partial charge is 0.133 e. The van der Waals surface area contributed by atoms with Gasteiger partial charge in [0.15, 0.2) is 0 Å². The summed E-state index contributed by atoms with van der Waals surface area (Å²) in [7, 11) is 0. The second kappa shape index (κ2) is 6.27. The van der Waals surface area contributed by atoms with Crippen LogP contribution >= 0.6 is 0 Å². The van der Waals surface area contributed by atoms with Crippen molar-refractivity contribution in [2.75, 3.05) is 0 Å². The van der Waals surface area contributed by atoms with Crippen LogP contribution in [0.15, 0.2) is 36.5 Å². The molecule has 2 N–H and O–H groups in total. The lowest BCUT2D eigenvalue weighted by Gasteiger charge is -2.20. The van der Waals surface area contributed by atoms with Crippen molar-refractivity contribution in [3.05, 3.63) is 58.9 Å². The number of hydrogen-bond acceptors (Lipinski definition) is 3. The quantitative estimate of drug-likeness (QED) is 0.902. The highest BCUT2D eigenvalue weighted by atomic mass is 16.3. The van der Waals surface area contributed by atoms with Gasteiger partial charge in [0.2, 0.25) is 0 Å². The Morgan fingerprint density at radius 2 is 1.95 bits per heavy atom. The molecule has 0 radical (unpaired) electrons. The molecular formula is C18H22N2O. The number of nitrogens with one attached hydrogen (secondary N) is 1. The number of fused-ring (bicyclic) bond motifs is 1. The molecule has 1 atom stereocenters. The van der Waals surface area contributed by atoms with Crippen molar-refractivity contribution in [2.45, 2.75) is 45.2 Å². The molecule has 110 valence electrons. The van der Waals surface area contributed by atoms with Crippen molar-refractivity contribution in [1.82, 2.24) is 10.3 Å². The van der Waals surface area contributed by atoms with Crippen LogP contribution in [0, 0.1) is 0 Å². The summed E-state index contributed by atoms with van der Waals surface area (Å²) in [5.41, 5.74) is 5.33. The minimum Gasteiger partial charge on any atom is -0.506 e. The van der Waals surface area contributed by atoms with E-state index in [-0.39, 0.29) is 5.75 Å². The maximum absolute atomic E-state index is 9.24. The topological polar surface area (TPSA) is 45.1 Å². The number of aromatic hydroxyl groups is 1. The van der Waals surface area contributed by atoms with Gasteiger partial charge in [0.1, 0.15) is 5.75 Å². The molecule has 3 nitrogen and oxygen atoms in total. The third kappa shape index (κ3) is 3.42. The molecule has 0 amide bonds. The second-order valence-electron chi connectivity index (χ2n) is 5.85. The first-order valence-electron chi connectivity index (χ1n) is 7.71. The zero-order valence-corrected chi connectivity index (χ0v) is 12.5. The Balaban J connectivity index is 1.65. The minimum atomic E-state index is 0.210. The third-order valence-corrected chi connectivity index (χ3v) is 4.27. The number of rotatable bonds is 4. The molecule has 1 unspecified atom stereocenters. The molecule has 0 aliphatic heterocycles. The Morgan fingerprint density at radius 1 is 1.14 bits per heavy atom. The number of pyridine rings is 1. The van der Waals surface area contributed by atoms with Gasteiger partial charge in [-0.25, -0.2) is 0 Å².